The highest BCUT2D eigenvalue weighted by molar-refractivity contribution is 9.10. The van der Waals surface area contributed by atoms with Gasteiger partial charge >= 0.3 is 12.1 Å². The molecule has 9 heteroatoms. The minimum absolute atomic E-state index is 0.110. The molecule has 0 unspecified atom stereocenters. The lowest BCUT2D eigenvalue weighted by molar-refractivity contribution is -0.132. The highest BCUT2D eigenvalue weighted by Crippen LogP contribution is 2.16. The van der Waals surface area contributed by atoms with Crippen LogP contribution in [-0.2, 0) is 9.53 Å². The number of carbonyl (C=O) groups excluding carboxylic acids is 3. The number of halogens is 1. The predicted octanol–water partition coefficient (Wildman–Crippen LogP) is 3.04. The monoisotopic (exact) mass is 454 g/mol. The Morgan fingerprint density at radius 2 is 1.82 bits per heavy atom. The van der Waals surface area contributed by atoms with Gasteiger partial charge in [0.15, 0.2) is 0 Å². The van der Waals surface area contributed by atoms with Gasteiger partial charge in [0, 0.05) is 35.8 Å². The van der Waals surface area contributed by atoms with Crippen LogP contribution >= 0.6 is 15.9 Å². The van der Waals surface area contributed by atoms with Gasteiger partial charge in [-0.25, -0.2) is 9.59 Å². The minimum atomic E-state index is -0.560. The number of urea groups is 1. The van der Waals surface area contributed by atoms with Crippen LogP contribution < -0.4 is 10.6 Å². The van der Waals surface area contributed by atoms with Crippen molar-refractivity contribution >= 4 is 39.6 Å². The molecule has 0 aromatic heterocycles. The number of ether oxygens (including phenoxy) is 1. The first kappa shape index (κ1) is 22.0. The summed E-state index contributed by atoms with van der Waals surface area (Å²) >= 11 is 3.33. The number of piperazine rings is 1. The van der Waals surface area contributed by atoms with Crippen LogP contribution in [0.3, 0.4) is 0 Å². The molecule has 2 rings (SSSR count). The summed E-state index contributed by atoms with van der Waals surface area (Å²) in [5.41, 5.74) is 0.0725. The number of rotatable bonds is 3. The minimum Gasteiger partial charge on any atom is -0.444 e. The molecule has 0 bridgehead atoms. The van der Waals surface area contributed by atoms with E-state index in [1.54, 1.807) is 21.9 Å². The Bertz CT molecular complexity index is 718. The average molecular weight is 455 g/mol. The maximum absolute atomic E-state index is 12.4. The smallest absolute Gasteiger partial charge is 0.410 e. The van der Waals surface area contributed by atoms with Crippen LogP contribution in [0.1, 0.15) is 27.7 Å². The molecule has 2 N–H and O–H groups in total. The van der Waals surface area contributed by atoms with Crippen LogP contribution in [-0.4, -0.2) is 65.7 Å². The van der Waals surface area contributed by atoms with Crippen LogP contribution in [0.25, 0.3) is 0 Å². The predicted molar refractivity (Wildman–Crippen MR) is 110 cm³/mol. The SMILES string of the molecule is C[C@H]1CN(C(=O)CNC(=O)Nc2ccc(Br)cc2)CCN1C(=O)OC(C)(C)C. The van der Waals surface area contributed by atoms with Gasteiger partial charge in [0.05, 0.1) is 6.54 Å². The van der Waals surface area contributed by atoms with E-state index < -0.39 is 11.6 Å². The molecule has 1 atom stereocenters. The number of hydrogen-bond acceptors (Lipinski definition) is 4. The van der Waals surface area contributed by atoms with E-state index in [9.17, 15) is 14.4 Å². The zero-order chi connectivity index (χ0) is 20.9. The first-order chi connectivity index (χ1) is 13.0. The number of carbonyl (C=O) groups is 3. The number of benzene rings is 1. The van der Waals surface area contributed by atoms with Gasteiger partial charge in [0.2, 0.25) is 5.91 Å². The van der Waals surface area contributed by atoms with E-state index >= 15 is 0 Å². The number of anilines is 1. The Balaban J connectivity index is 1.78. The molecule has 1 saturated heterocycles. The zero-order valence-corrected chi connectivity index (χ0v) is 18.2. The van der Waals surface area contributed by atoms with Crippen LogP contribution in [0.15, 0.2) is 28.7 Å². The van der Waals surface area contributed by atoms with Crippen molar-refractivity contribution in [2.75, 3.05) is 31.5 Å². The Hall–Kier alpha value is -2.29. The first-order valence-electron chi connectivity index (χ1n) is 9.13. The van der Waals surface area contributed by atoms with E-state index in [0.29, 0.717) is 25.3 Å². The molecule has 0 spiro atoms. The standard InChI is InChI=1S/C19H27BrN4O4/c1-13-12-23(9-10-24(13)18(27)28-19(2,3)4)16(25)11-21-17(26)22-15-7-5-14(20)6-8-15/h5-8,13H,9-12H2,1-4H3,(H2,21,22,26)/t13-/m0/s1. The maximum Gasteiger partial charge on any atom is 0.410 e. The number of hydrogen-bond donors (Lipinski definition) is 2. The van der Waals surface area contributed by atoms with E-state index in [0.717, 1.165) is 4.47 Å². The van der Waals surface area contributed by atoms with Crippen molar-refractivity contribution in [2.24, 2.45) is 0 Å². The van der Waals surface area contributed by atoms with Crippen LogP contribution in [0.2, 0.25) is 0 Å². The topological polar surface area (TPSA) is 91.0 Å². The molecule has 1 aromatic rings. The lowest BCUT2D eigenvalue weighted by Gasteiger charge is -2.40. The third-order valence-electron chi connectivity index (χ3n) is 4.11. The van der Waals surface area contributed by atoms with E-state index in [1.807, 2.05) is 39.8 Å². The molecule has 1 aliphatic rings. The summed E-state index contributed by atoms with van der Waals surface area (Å²) in [6.45, 7) is 8.42. The second-order valence-corrected chi connectivity index (χ2v) is 8.59. The second kappa shape index (κ2) is 9.27. The third kappa shape index (κ3) is 6.70. The molecule has 8 nitrogen and oxygen atoms in total. The van der Waals surface area contributed by atoms with E-state index in [2.05, 4.69) is 26.6 Å². The molecule has 1 aromatic carbocycles. The van der Waals surface area contributed by atoms with Crippen LogP contribution in [0.5, 0.6) is 0 Å². The number of nitrogens with zero attached hydrogens (tertiary/aromatic N) is 2. The molecule has 0 saturated carbocycles. The molecular formula is C19H27BrN4O4. The van der Waals surface area contributed by atoms with Crippen molar-refractivity contribution in [3.8, 4) is 0 Å². The van der Waals surface area contributed by atoms with Crippen molar-refractivity contribution in [2.45, 2.75) is 39.3 Å². The fraction of sp³-hybridized carbons (Fsp3) is 0.526. The molecule has 1 fully saturated rings. The van der Waals surface area contributed by atoms with Crippen molar-refractivity contribution in [1.82, 2.24) is 15.1 Å². The Labute approximate surface area is 173 Å². The van der Waals surface area contributed by atoms with Crippen molar-refractivity contribution in [3.63, 3.8) is 0 Å². The zero-order valence-electron chi connectivity index (χ0n) is 16.6. The molecule has 154 valence electrons. The molecule has 28 heavy (non-hydrogen) atoms. The summed E-state index contributed by atoms with van der Waals surface area (Å²) in [7, 11) is 0. The van der Waals surface area contributed by atoms with Gasteiger partial charge in [-0.2, -0.15) is 0 Å². The molecule has 0 radical (unpaired) electrons. The highest BCUT2D eigenvalue weighted by atomic mass is 79.9. The molecule has 1 aliphatic heterocycles. The molecule has 4 amide bonds. The fourth-order valence-corrected chi connectivity index (χ4v) is 3.02. The Morgan fingerprint density at radius 1 is 1.18 bits per heavy atom. The summed E-state index contributed by atoms with van der Waals surface area (Å²) in [5, 5.41) is 5.23. The third-order valence-corrected chi connectivity index (χ3v) is 4.64. The van der Waals surface area contributed by atoms with Gasteiger partial charge in [-0.1, -0.05) is 15.9 Å². The van der Waals surface area contributed by atoms with E-state index in [-0.39, 0.29) is 24.6 Å². The van der Waals surface area contributed by atoms with Gasteiger partial charge in [-0.15, -0.1) is 0 Å². The van der Waals surface area contributed by atoms with Gasteiger partial charge in [0.25, 0.3) is 0 Å². The van der Waals surface area contributed by atoms with Crippen molar-refractivity contribution in [1.29, 1.82) is 0 Å². The molecule has 0 aliphatic carbocycles. The summed E-state index contributed by atoms with van der Waals surface area (Å²) in [6.07, 6.45) is -0.376. The number of amides is 4. The van der Waals surface area contributed by atoms with Crippen molar-refractivity contribution < 1.29 is 19.1 Å². The van der Waals surface area contributed by atoms with Crippen LogP contribution in [0.4, 0.5) is 15.3 Å². The highest BCUT2D eigenvalue weighted by Gasteiger charge is 2.32. The Morgan fingerprint density at radius 3 is 2.39 bits per heavy atom. The van der Waals surface area contributed by atoms with Gasteiger partial charge < -0.3 is 25.2 Å². The normalized spacial score (nSPS) is 17.1. The van der Waals surface area contributed by atoms with Gasteiger partial charge in [-0.3, -0.25) is 4.79 Å². The number of nitrogens with one attached hydrogen (secondary N) is 2. The average Bonchev–Trinajstić information content (AvgIpc) is 2.60. The first-order valence-corrected chi connectivity index (χ1v) is 9.92. The van der Waals surface area contributed by atoms with Crippen molar-refractivity contribution in [3.05, 3.63) is 28.7 Å². The Kier molecular flexibility index (Phi) is 7.29. The largest absolute Gasteiger partial charge is 0.444 e. The quantitative estimate of drug-likeness (QED) is 0.733. The second-order valence-electron chi connectivity index (χ2n) is 7.68. The van der Waals surface area contributed by atoms with Gasteiger partial charge in [-0.05, 0) is 52.0 Å². The van der Waals surface area contributed by atoms with Gasteiger partial charge in [0.1, 0.15) is 5.60 Å². The summed E-state index contributed by atoms with van der Waals surface area (Å²) in [5.74, 6) is -0.193. The van der Waals surface area contributed by atoms with E-state index in [1.165, 1.54) is 0 Å². The molecule has 1 heterocycles. The lowest BCUT2D eigenvalue weighted by atomic mass is 10.2. The fourth-order valence-electron chi connectivity index (χ4n) is 2.75. The molecular weight excluding hydrogens is 428 g/mol. The van der Waals surface area contributed by atoms with Crippen LogP contribution in [0, 0.1) is 0 Å². The van der Waals surface area contributed by atoms with E-state index in [4.69, 9.17) is 4.74 Å². The summed E-state index contributed by atoms with van der Waals surface area (Å²) < 4.78 is 6.31. The summed E-state index contributed by atoms with van der Waals surface area (Å²) in [6, 6.07) is 6.52. The summed E-state index contributed by atoms with van der Waals surface area (Å²) in [4.78, 5) is 39.9. The maximum atomic E-state index is 12.4. The lowest BCUT2D eigenvalue weighted by Crippen LogP contribution is -2.57.